The minimum absolute atomic E-state index is 0.0304. The van der Waals surface area contributed by atoms with Crippen LogP contribution >= 0.6 is 27.3 Å². The maximum Gasteiger partial charge on any atom is 0.251 e. The van der Waals surface area contributed by atoms with E-state index < -0.39 is 0 Å². The van der Waals surface area contributed by atoms with Gasteiger partial charge in [0.25, 0.3) is 5.91 Å². The van der Waals surface area contributed by atoms with E-state index in [1.807, 2.05) is 45.3 Å². The minimum Gasteiger partial charge on any atom is -0.350 e. The van der Waals surface area contributed by atoms with Gasteiger partial charge in [0, 0.05) is 21.5 Å². The standard InChI is InChI=1S/C16H19BrN2OS/c1-11-6-7-12(17)9-13(11)16(20)18-10-14(19(2)3)15-5-4-8-21-15/h4-9,14H,10H2,1-3H3,(H,18,20). The Hall–Kier alpha value is -1.17. The molecule has 1 amide bonds. The van der Waals surface area contributed by atoms with Crippen LogP contribution in [-0.4, -0.2) is 31.4 Å². The number of likely N-dealkylation sites (N-methyl/N-ethyl adjacent to an activating group) is 1. The summed E-state index contributed by atoms with van der Waals surface area (Å²) in [5, 5.41) is 5.10. The first-order chi connectivity index (χ1) is 9.99. The highest BCUT2D eigenvalue weighted by molar-refractivity contribution is 9.10. The quantitative estimate of drug-likeness (QED) is 0.871. The zero-order valence-electron chi connectivity index (χ0n) is 12.4. The van der Waals surface area contributed by atoms with E-state index in [1.54, 1.807) is 11.3 Å². The lowest BCUT2D eigenvalue weighted by Crippen LogP contribution is -2.34. The molecule has 2 aromatic rings. The van der Waals surface area contributed by atoms with Crippen LogP contribution in [0.2, 0.25) is 0 Å². The highest BCUT2D eigenvalue weighted by Crippen LogP contribution is 2.22. The van der Waals surface area contributed by atoms with E-state index in [9.17, 15) is 4.79 Å². The van der Waals surface area contributed by atoms with Gasteiger partial charge in [-0.15, -0.1) is 11.3 Å². The van der Waals surface area contributed by atoms with Crippen molar-refractivity contribution in [1.29, 1.82) is 0 Å². The SMILES string of the molecule is Cc1ccc(Br)cc1C(=O)NCC(c1cccs1)N(C)C. The molecular weight excluding hydrogens is 348 g/mol. The van der Waals surface area contributed by atoms with Crippen LogP contribution in [0.5, 0.6) is 0 Å². The van der Waals surface area contributed by atoms with Crippen LogP contribution in [0.3, 0.4) is 0 Å². The molecule has 0 spiro atoms. The van der Waals surface area contributed by atoms with Crippen molar-refractivity contribution in [2.24, 2.45) is 0 Å². The van der Waals surface area contributed by atoms with Gasteiger partial charge in [0.05, 0.1) is 6.04 Å². The molecule has 1 aromatic heterocycles. The predicted molar refractivity (Wildman–Crippen MR) is 92.0 cm³/mol. The van der Waals surface area contributed by atoms with Crippen LogP contribution in [0.4, 0.5) is 0 Å². The Kier molecular flexibility index (Phi) is 5.56. The third-order valence-corrected chi connectivity index (χ3v) is 4.86. The second kappa shape index (κ2) is 7.20. The van der Waals surface area contributed by atoms with Crippen LogP contribution in [0.25, 0.3) is 0 Å². The fourth-order valence-corrected chi connectivity index (χ4v) is 3.43. The van der Waals surface area contributed by atoms with Gasteiger partial charge in [0.2, 0.25) is 0 Å². The number of hydrogen-bond acceptors (Lipinski definition) is 3. The summed E-state index contributed by atoms with van der Waals surface area (Å²) < 4.78 is 0.917. The monoisotopic (exact) mass is 366 g/mol. The number of nitrogens with one attached hydrogen (secondary N) is 1. The summed E-state index contributed by atoms with van der Waals surface area (Å²) in [6.45, 7) is 2.54. The first kappa shape index (κ1) is 16.2. The molecule has 0 saturated carbocycles. The van der Waals surface area contributed by atoms with Crippen molar-refractivity contribution in [3.8, 4) is 0 Å². The molecule has 21 heavy (non-hydrogen) atoms. The number of rotatable bonds is 5. The van der Waals surface area contributed by atoms with E-state index in [2.05, 4.69) is 37.6 Å². The Labute approximate surface area is 138 Å². The Morgan fingerprint density at radius 2 is 2.14 bits per heavy atom. The molecule has 0 saturated heterocycles. The highest BCUT2D eigenvalue weighted by atomic mass is 79.9. The van der Waals surface area contributed by atoms with Gasteiger partial charge in [-0.05, 0) is 50.2 Å². The second-order valence-corrected chi connectivity index (χ2v) is 7.06. The number of aryl methyl sites for hydroxylation is 1. The van der Waals surface area contributed by atoms with Crippen LogP contribution in [0.15, 0.2) is 40.2 Å². The van der Waals surface area contributed by atoms with Crippen molar-refractivity contribution in [2.75, 3.05) is 20.6 Å². The lowest BCUT2D eigenvalue weighted by Gasteiger charge is -2.23. The predicted octanol–water partition coefficient (Wildman–Crippen LogP) is 3.85. The molecule has 0 bridgehead atoms. The van der Waals surface area contributed by atoms with Gasteiger partial charge < -0.3 is 10.2 Å². The third kappa shape index (κ3) is 4.15. The number of amides is 1. The van der Waals surface area contributed by atoms with E-state index in [-0.39, 0.29) is 11.9 Å². The van der Waals surface area contributed by atoms with Crippen LogP contribution in [0.1, 0.15) is 26.8 Å². The first-order valence-corrected chi connectivity index (χ1v) is 8.40. The van der Waals surface area contributed by atoms with Crippen molar-refractivity contribution in [3.63, 3.8) is 0 Å². The van der Waals surface area contributed by atoms with Gasteiger partial charge in [-0.3, -0.25) is 4.79 Å². The number of carbonyl (C=O) groups is 1. The van der Waals surface area contributed by atoms with Crippen LogP contribution in [-0.2, 0) is 0 Å². The van der Waals surface area contributed by atoms with Crippen molar-refractivity contribution >= 4 is 33.2 Å². The van der Waals surface area contributed by atoms with E-state index in [0.29, 0.717) is 12.1 Å². The highest BCUT2D eigenvalue weighted by Gasteiger charge is 2.17. The van der Waals surface area contributed by atoms with Crippen LogP contribution < -0.4 is 5.32 Å². The van der Waals surface area contributed by atoms with Gasteiger partial charge in [0.15, 0.2) is 0 Å². The van der Waals surface area contributed by atoms with E-state index >= 15 is 0 Å². The number of thiophene rings is 1. The number of hydrogen-bond donors (Lipinski definition) is 1. The zero-order chi connectivity index (χ0) is 15.4. The molecule has 1 atom stereocenters. The molecule has 0 fully saturated rings. The Balaban J connectivity index is 2.07. The maximum atomic E-state index is 12.4. The van der Waals surface area contributed by atoms with Gasteiger partial charge >= 0.3 is 0 Å². The molecule has 0 aliphatic heterocycles. The molecule has 5 heteroatoms. The van der Waals surface area contributed by atoms with Gasteiger partial charge in [-0.25, -0.2) is 0 Å². The molecular formula is C16H19BrN2OS. The molecule has 0 aliphatic carbocycles. The Morgan fingerprint density at radius 1 is 1.38 bits per heavy atom. The fourth-order valence-electron chi connectivity index (χ4n) is 2.14. The number of halogens is 1. The van der Waals surface area contributed by atoms with E-state index in [1.165, 1.54) is 4.88 Å². The topological polar surface area (TPSA) is 32.3 Å². The summed E-state index contributed by atoms with van der Waals surface area (Å²) in [6.07, 6.45) is 0. The molecule has 1 unspecified atom stereocenters. The lowest BCUT2D eigenvalue weighted by molar-refractivity contribution is 0.0941. The van der Waals surface area contributed by atoms with Gasteiger partial charge in [-0.1, -0.05) is 28.1 Å². The van der Waals surface area contributed by atoms with Crippen molar-refractivity contribution < 1.29 is 4.79 Å². The van der Waals surface area contributed by atoms with Crippen molar-refractivity contribution in [1.82, 2.24) is 10.2 Å². The number of carbonyl (C=O) groups excluding carboxylic acids is 1. The normalized spacial score (nSPS) is 12.4. The minimum atomic E-state index is -0.0304. The summed E-state index contributed by atoms with van der Waals surface area (Å²) in [4.78, 5) is 15.7. The summed E-state index contributed by atoms with van der Waals surface area (Å²) >= 11 is 5.12. The van der Waals surface area contributed by atoms with Crippen molar-refractivity contribution in [3.05, 3.63) is 56.2 Å². The average molecular weight is 367 g/mol. The van der Waals surface area contributed by atoms with Crippen molar-refractivity contribution in [2.45, 2.75) is 13.0 Å². The summed E-state index contributed by atoms with van der Waals surface area (Å²) in [5.41, 5.74) is 1.70. The first-order valence-electron chi connectivity index (χ1n) is 6.73. The molecule has 0 aliphatic rings. The summed E-state index contributed by atoms with van der Waals surface area (Å²) in [7, 11) is 4.06. The molecule has 0 radical (unpaired) electrons. The molecule has 1 heterocycles. The van der Waals surface area contributed by atoms with Gasteiger partial charge in [-0.2, -0.15) is 0 Å². The average Bonchev–Trinajstić information content (AvgIpc) is 2.95. The molecule has 2 rings (SSSR count). The number of benzene rings is 1. The van der Waals surface area contributed by atoms with Gasteiger partial charge in [0.1, 0.15) is 0 Å². The number of nitrogens with zero attached hydrogens (tertiary/aromatic N) is 1. The maximum absolute atomic E-state index is 12.4. The van der Waals surface area contributed by atoms with E-state index in [0.717, 1.165) is 10.0 Å². The zero-order valence-corrected chi connectivity index (χ0v) is 14.8. The Morgan fingerprint density at radius 3 is 2.76 bits per heavy atom. The Bertz CT molecular complexity index is 611. The molecule has 1 N–H and O–H groups in total. The molecule has 112 valence electrons. The summed E-state index contributed by atoms with van der Waals surface area (Å²) in [5.74, 6) is -0.0304. The van der Waals surface area contributed by atoms with Crippen LogP contribution in [0, 0.1) is 6.92 Å². The molecule has 1 aromatic carbocycles. The third-order valence-electron chi connectivity index (χ3n) is 3.40. The lowest BCUT2D eigenvalue weighted by atomic mass is 10.1. The van der Waals surface area contributed by atoms with E-state index in [4.69, 9.17) is 0 Å². The smallest absolute Gasteiger partial charge is 0.251 e. The summed E-state index contributed by atoms with van der Waals surface area (Å²) in [6, 6.07) is 10.1. The second-order valence-electron chi connectivity index (χ2n) is 5.16. The molecule has 3 nitrogen and oxygen atoms in total. The fraction of sp³-hybridized carbons (Fsp3) is 0.312. The largest absolute Gasteiger partial charge is 0.350 e.